The molecule has 1 atom stereocenters. The highest BCUT2D eigenvalue weighted by Crippen LogP contribution is 2.20. The zero-order chi connectivity index (χ0) is 8.81. The smallest absolute Gasteiger partial charge is 0.136 e. The van der Waals surface area contributed by atoms with Crippen LogP contribution in [-0.2, 0) is 4.79 Å². The Hall–Kier alpha value is -0.590. The molecule has 0 radical (unpaired) electrons. The van der Waals surface area contributed by atoms with Gasteiger partial charge in [0.05, 0.1) is 0 Å². The van der Waals surface area contributed by atoms with Crippen molar-refractivity contribution in [2.75, 3.05) is 0 Å². The number of carbonyl (C=O) groups is 1. The second-order valence-electron chi connectivity index (χ2n) is 3.55. The fraction of sp³-hybridized carbons (Fsp3) is 0.727. The molecule has 0 N–H and O–H groups in total. The highest BCUT2D eigenvalue weighted by molar-refractivity contribution is 5.81. The van der Waals surface area contributed by atoms with Gasteiger partial charge in [-0.2, -0.15) is 0 Å². The normalized spacial score (nSPS) is 22.6. The number of Topliss-reactive ketones (excluding diaryl/α,β-unsaturated/α-hetero) is 1. The van der Waals surface area contributed by atoms with Crippen molar-refractivity contribution in [2.45, 2.75) is 45.4 Å². The van der Waals surface area contributed by atoms with E-state index in [4.69, 9.17) is 0 Å². The molecule has 0 saturated heterocycles. The molecule has 1 rings (SSSR count). The summed E-state index contributed by atoms with van der Waals surface area (Å²) in [4.78, 5) is 11.5. The van der Waals surface area contributed by atoms with Crippen LogP contribution in [0.1, 0.15) is 45.4 Å². The maximum Gasteiger partial charge on any atom is 0.136 e. The lowest BCUT2D eigenvalue weighted by molar-refractivity contribution is -0.123. The second kappa shape index (κ2) is 5.13. The lowest BCUT2D eigenvalue weighted by Gasteiger charge is -2.15. The average Bonchev–Trinajstić information content (AvgIpc) is 2.15. The zero-order valence-electron chi connectivity index (χ0n) is 7.88. The molecule has 1 aliphatic carbocycles. The molecule has 1 nitrogen and oxygen atoms in total. The molecule has 68 valence electrons. The number of hydrogen-bond acceptors (Lipinski definition) is 1. The third-order valence-electron chi connectivity index (χ3n) is 2.50. The van der Waals surface area contributed by atoms with Crippen LogP contribution in [0.25, 0.3) is 0 Å². The van der Waals surface area contributed by atoms with E-state index in [-0.39, 0.29) is 0 Å². The Morgan fingerprint density at radius 2 is 2.33 bits per heavy atom. The minimum atomic E-state index is 0.349. The van der Waals surface area contributed by atoms with Gasteiger partial charge in [-0.15, -0.1) is 0 Å². The number of rotatable bonds is 4. The van der Waals surface area contributed by atoms with Crippen LogP contribution in [-0.4, -0.2) is 5.78 Å². The van der Waals surface area contributed by atoms with E-state index < -0.39 is 0 Å². The van der Waals surface area contributed by atoms with Crippen LogP contribution in [0.4, 0.5) is 0 Å². The minimum Gasteiger partial charge on any atom is -0.299 e. The van der Waals surface area contributed by atoms with Crippen molar-refractivity contribution in [3.8, 4) is 0 Å². The van der Waals surface area contributed by atoms with E-state index in [1.807, 2.05) is 0 Å². The Balaban J connectivity index is 2.26. The third-order valence-corrected chi connectivity index (χ3v) is 2.50. The van der Waals surface area contributed by atoms with Crippen LogP contribution in [0.2, 0.25) is 0 Å². The van der Waals surface area contributed by atoms with E-state index in [0.717, 1.165) is 38.5 Å². The summed E-state index contributed by atoms with van der Waals surface area (Å²) in [6.45, 7) is 2.13. The minimum absolute atomic E-state index is 0.349. The van der Waals surface area contributed by atoms with Crippen molar-refractivity contribution in [3.05, 3.63) is 12.2 Å². The number of unbranched alkanes of at least 4 members (excludes halogenated alkanes) is 1. The molecule has 0 amide bonds. The number of ketones is 1. The predicted octanol–water partition coefficient (Wildman–Crippen LogP) is 3.10. The van der Waals surface area contributed by atoms with Gasteiger partial charge in [-0.1, -0.05) is 25.5 Å². The van der Waals surface area contributed by atoms with Crippen molar-refractivity contribution in [1.29, 1.82) is 0 Å². The third kappa shape index (κ3) is 2.80. The van der Waals surface area contributed by atoms with Gasteiger partial charge in [0.15, 0.2) is 0 Å². The Morgan fingerprint density at radius 1 is 1.50 bits per heavy atom. The van der Waals surface area contributed by atoms with E-state index in [2.05, 4.69) is 19.1 Å². The highest BCUT2D eigenvalue weighted by Gasteiger charge is 2.17. The first-order valence-corrected chi connectivity index (χ1v) is 5.02. The molecule has 0 saturated carbocycles. The summed E-state index contributed by atoms with van der Waals surface area (Å²) in [5, 5.41) is 0. The number of allylic oxidation sites excluding steroid dienone is 2. The maximum atomic E-state index is 11.5. The first kappa shape index (κ1) is 9.50. The fourth-order valence-electron chi connectivity index (χ4n) is 1.64. The number of hydrogen-bond donors (Lipinski definition) is 0. The molecular weight excluding hydrogens is 148 g/mol. The van der Waals surface area contributed by atoms with Crippen LogP contribution in [0.5, 0.6) is 0 Å². The summed E-state index contributed by atoms with van der Waals surface area (Å²) in [6.07, 6.45) is 10.5. The van der Waals surface area contributed by atoms with Gasteiger partial charge in [0, 0.05) is 12.3 Å². The molecule has 0 aromatic carbocycles. The Labute approximate surface area is 74.9 Å². The van der Waals surface area contributed by atoms with Crippen LogP contribution in [0.3, 0.4) is 0 Å². The van der Waals surface area contributed by atoms with E-state index in [0.29, 0.717) is 11.7 Å². The van der Waals surface area contributed by atoms with Crippen molar-refractivity contribution in [2.24, 2.45) is 5.92 Å². The second-order valence-corrected chi connectivity index (χ2v) is 3.55. The predicted molar refractivity (Wildman–Crippen MR) is 51.0 cm³/mol. The zero-order valence-corrected chi connectivity index (χ0v) is 7.88. The van der Waals surface area contributed by atoms with Gasteiger partial charge in [0.2, 0.25) is 0 Å². The lowest BCUT2D eigenvalue weighted by Crippen LogP contribution is -2.15. The Morgan fingerprint density at radius 3 is 2.92 bits per heavy atom. The first-order chi connectivity index (χ1) is 5.84. The summed E-state index contributed by atoms with van der Waals surface area (Å²) in [5.74, 6) is 0.836. The standard InChI is InChI=1S/C11H18O/c1-2-3-9-11(12)10-7-5-4-6-8-10/h4-5,10H,2-3,6-9H2,1H3. The van der Waals surface area contributed by atoms with E-state index in [1.165, 1.54) is 0 Å². The van der Waals surface area contributed by atoms with Crippen LogP contribution in [0.15, 0.2) is 12.2 Å². The molecule has 0 bridgehead atoms. The van der Waals surface area contributed by atoms with Gasteiger partial charge in [0.25, 0.3) is 0 Å². The summed E-state index contributed by atoms with van der Waals surface area (Å²) in [6, 6.07) is 0. The highest BCUT2D eigenvalue weighted by atomic mass is 16.1. The average molecular weight is 166 g/mol. The van der Waals surface area contributed by atoms with Gasteiger partial charge in [-0.3, -0.25) is 4.79 Å². The fourth-order valence-corrected chi connectivity index (χ4v) is 1.64. The van der Waals surface area contributed by atoms with Gasteiger partial charge in [-0.25, -0.2) is 0 Å². The molecule has 1 aliphatic rings. The summed E-state index contributed by atoms with van der Waals surface area (Å²) in [5.41, 5.74) is 0. The maximum absolute atomic E-state index is 11.5. The van der Waals surface area contributed by atoms with Crippen LogP contribution >= 0.6 is 0 Å². The quantitative estimate of drug-likeness (QED) is 0.586. The van der Waals surface area contributed by atoms with Gasteiger partial charge in [0.1, 0.15) is 5.78 Å². The summed E-state index contributed by atoms with van der Waals surface area (Å²) in [7, 11) is 0. The Bertz CT molecular complexity index is 170. The molecule has 0 aromatic heterocycles. The van der Waals surface area contributed by atoms with Gasteiger partial charge in [-0.05, 0) is 25.7 Å². The molecular formula is C11H18O. The summed E-state index contributed by atoms with van der Waals surface area (Å²) < 4.78 is 0. The topological polar surface area (TPSA) is 17.1 Å². The molecule has 0 spiro atoms. The van der Waals surface area contributed by atoms with Crippen LogP contribution in [0, 0.1) is 5.92 Å². The summed E-state index contributed by atoms with van der Waals surface area (Å²) >= 11 is 0. The molecule has 1 unspecified atom stereocenters. The van der Waals surface area contributed by atoms with Crippen molar-refractivity contribution in [3.63, 3.8) is 0 Å². The van der Waals surface area contributed by atoms with Gasteiger partial charge >= 0.3 is 0 Å². The molecule has 0 aromatic rings. The Kier molecular flexibility index (Phi) is 4.06. The molecule has 0 aliphatic heterocycles. The number of carbonyl (C=O) groups excluding carboxylic acids is 1. The largest absolute Gasteiger partial charge is 0.299 e. The van der Waals surface area contributed by atoms with Crippen molar-refractivity contribution >= 4 is 5.78 Å². The molecule has 1 heteroatoms. The lowest BCUT2D eigenvalue weighted by atomic mass is 9.88. The molecule has 0 heterocycles. The van der Waals surface area contributed by atoms with E-state index in [1.54, 1.807) is 0 Å². The van der Waals surface area contributed by atoms with Gasteiger partial charge < -0.3 is 0 Å². The van der Waals surface area contributed by atoms with E-state index >= 15 is 0 Å². The molecule has 12 heavy (non-hydrogen) atoms. The van der Waals surface area contributed by atoms with Crippen molar-refractivity contribution in [1.82, 2.24) is 0 Å². The van der Waals surface area contributed by atoms with Crippen molar-refractivity contribution < 1.29 is 4.79 Å². The van der Waals surface area contributed by atoms with E-state index in [9.17, 15) is 4.79 Å². The SMILES string of the molecule is CCCCC(=O)C1CC=CCC1. The first-order valence-electron chi connectivity index (χ1n) is 5.02. The monoisotopic (exact) mass is 166 g/mol. The van der Waals surface area contributed by atoms with Crippen LogP contribution < -0.4 is 0 Å². The molecule has 0 fully saturated rings.